The topological polar surface area (TPSA) is 96.0 Å². The molecule has 8 nitrogen and oxygen atoms in total. The van der Waals surface area contributed by atoms with Crippen LogP contribution in [0.1, 0.15) is 27.2 Å². The van der Waals surface area contributed by atoms with Crippen molar-refractivity contribution in [3.63, 3.8) is 0 Å². The molecule has 0 radical (unpaired) electrons. The first-order valence-electron chi connectivity index (χ1n) is 7.31. The van der Waals surface area contributed by atoms with Crippen LogP contribution in [0.25, 0.3) is 11.2 Å². The Hall–Kier alpha value is -2.38. The van der Waals surface area contributed by atoms with Crippen LogP contribution in [0.2, 0.25) is 0 Å². The summed E-state index contributed by atoms with van der Waals surface area (Å²) in [6.07, 6.45) is 3.58. The van der Waals surface area contributed by atoms with E-state index in [0.29, 0.717) is 12.2 Å². The van der Waals surface area contributed by atoms with Gasteiger partial charge in [0.05, 0.1) is 12.4 Å². The van der Waals surface area contributed by atoms with Crippen molar-refractivity contribution in [1.29, 1.82) is 0 Å². The number of carbonyl (C=O) groups is 1. The Morgan fingerprint density at radius 3 is 3.00 bits per heavy atom. The first kappa shape index (κ1) is 14.6. The van der Waals surface area contributed by atoms with Crippen LogP contribution in [0.3, 0.4) is 0 Å². The molecule has 0 unspecified atom stereocenters. The lowest BCUT2D eigenvalue weighted by molar-refractivity contribution is 0.0509. The number of nitrogens with zero attached hydrogens (tertiary/aromatic N) is 4. The number of hydrogen-bond acceptors (Lipinski definition) is 6. The molecule has 2 aromatic heterocycles. The van der Waals surface area contributed by atoms with Crippen LogP contribution in [-0.2, 0) is 4.74 Å². The van der Waals surface area contributed by atoms with E-state index in [-0.39, 0.29) is 12.1 Å². The van der Waals surface area contributed by atoms with Gasteiger partial charge in [0, 0.05) is 13.1 Å². The van der Waals surface area contributed by atoms with Crippen LogP contribution in [0.15, 0.2) is 12.7 Å². The van der Waals surface area contributed by atoms with Crippen LogP contribution in [0.4, 0.5) is 10.6 Å². The monoisotopic (exact) mass is 304 g/mol. The predicted octanol–water partition coefficient (Wildman–Crippen LogP) is 1.46. The van der Waals surface area contributed by atoms with Gasteiger partial charge in [0.2, 0.25) is 0 Å². The van der Waals surface area contributed by atoms with Gasteiger partial charge >= 0.3 is 6.09 Å². The minimum absolute atomic E-state index is 0.0442. The van der Waals surface area contributed by atoms with Gasteiger partial charge in [0.1, 0.15) is 17.4 Å². The van der Waals surface area contributed by atoms with Crippen molar-refractivity contribution in [3.8, 4) is 0 Å². The van der Waals surface area contributed by atoms with Gasteiger partial charge in [0.25, 0.3) is 0 Å². The van der Waals surface area contributed by atoms with Gasteiger partial charge in [-0.05, 0) is 27.2 Å². The molecule has 0 aliphatic carbocycles. The SMILES string of the molecule is CC(C)(C)OC(=O)N[C@H]1CCN(c2ncnc3nc[nH]c23)C1. The molecular formula is C14H20N6O2. The van der Waals surface area contributed by atoms with Crippen molar-refractivity contribution in [2.45, 2.75) is 38.8 Å². The molecule has 3 heterocycles. The summed E-state index contributed by atoms with van der Waals surface area (Å²) in [6.45, 7) is 7.05. The maximum atomic E-state index is 11.8. The van der Waals surface area contributed by atoms with E-state index in [1.54, 1.807) is 6.33 Å². The van der Waals surface area contributed by atoms with Gasteiger partial charge in [-0.3, -0.25) is 0 Å². The molecule has 1 aliphatic heterocycles. The Labute approximate surface area is 128 Å². The predicted molar refractivity (Wildman–Crippen MR) is 81.7 cm³/mol. The van der Waals surface area contributed by atoms with Crippen molar-refractivity contribution in [1.82, 2.24) is 25.3 Å². The highest BCUT2D eigenvalue weighted by atomic mass is 16.6. The molecule has 2 aromatic rings. The van der Waals surface area contributed by atoms with Crippen molar-refractivity contribution in [3.05, 3.63) is 12.7 Å². The molecular weight excluding hydrogens is 284 g/mol. The van der Waals surface area contributed by atoms with Crippen LogP contribution in [-0.4, -0.2) is 50.8 Å². The molecule has 1 atom stereocenters. The lowest BCUT2D eigenvalue weighted by Gasteiger charge is -2.22. The zero-order valence-electron chi connectivity index (χ0n) is 13.0. The highest BCUT2D eigenvalue weighted by Crippen LogP contribution is 2.23. The maximum Gasteiger partial charge on any atom is 0.407 e. The van der Waals surface area contributed by atoms with E-state index in [4.69, 9.17) is 4.74 Å². The van der Waals surface area contributed by atoms with Crippen LogP contribution in [0, 0.1) is 0 Å². The lowest BCUT2D eigenvalue weighted by Crippen LogP contribution is -2.40. The highest BCUT2D eigenvalue weighted by molar-refractivity contribution is 5.82. The number of alkyl carbamates (subject to hydrolysis) is 1. The minimum atomic E-state index is -0.489. The first-order chi connectivity index (χ1) is 10.4. The quantitative estimate of drug-likeness (QED) is 0.872. The standard InChI is InChI=1S/C14H20N6O2/c1-14(2,3)22-13(21)19-9-4-5-20(6-9)12-10-11(16-7-15-10)17-8-18-12/h7-9H,4-6H2,1-3H3,(H,19,21)(H,15,16,17,18)/t9-/m0/s1. The molecule has 3 rings (SSSR count). The Balaban J connectivity index is 1.65. The third kappa shape index (κ3) is 3.10. The van der Waals surface area contributed by atoms with Crippen molar-refractivity contribution in [2.24, 2.45) is 0 Å². The number of amides is 1. The second-order valence-corrected chi connectivity index (χ2v) is 6.38. The van der Waals surface area contributed by atoms with E-state index >= 15 is 0 Å². The molecule has 0 aromatic carbocycles. The number of aromatic nitrogens is 4. The molecule has 1 amide bonds. The second kappa shape index (κ2) is 5.43. The van der Waals surface area contributed by atoms with Crippen LogP contribution < -0.4 is 10.2 Å². The van der Waals surface area contributed by atoms with Gasteiger partial charge in [-0.1, -0.05) is 0 Å². The molecule has 22 heavy (non-hydrogen) atoms. The Kier molecular flexibility index (Phi) is 3.59. The third-order valence-corrected chi connectivity index (χ3v) is 3.41. The lowest BCUT2D eigenvalue weighted by atomic mass is 10.2. The number of rotatable bonds is 2. The molecule has 8 heteroatoms. The minimum Gasteiger partial charge on any atom is -0.444 e. The summed E-state index contributed by atoms with van der Waals surface area (Å²) >= 11 is 0. The van der Waals surface area contributed by atoms with Crippen molar-refractivity contribution in [2.75, 3.05) is 18.0 Å². The zero-order valence-corrected chi connectivity index (χ0v) is 13.0. The summed E-state index contributed by atoms with van der Waals surface area (Å²) in [6, 6.07) is 0.0442. The van der Waals surface area contributed by atoms with Gasteiger partial charge in [0.15, 0.2) is 11.5 Å². The molecule has 2 N–H and O–H groups in total. The Morgan fingerprint density at radius 2 is 2.23 bits per heavy atom. The van der Waals surface area contributed by atoms with Crippen molar-refractivity contribution >= 4 is 23.1 Å². The second-order valence-electron chi connectivity index (χ2n) is 6.38. The number of carbonyl (C=O) groups excluding carboxylic acids is 1. The van der Waals surface area contributed by atoms with Gasteiger partial charge in [-0.15, -0.1) is 0 Å². The number of hydrogen-bond donors (Lipinski definition) is 2. The average molecular weight is 304 g/mol. The number of imidazole rings is 1. The number of anilines is 1. The Bertz CT molecular complexity index is 677. The van der Waals surface area contributed by atoms with E-state index in [0.717, 1.165) is 24.3 Å². The van der Waals surface area contributed by atoms with E-state index in [9.17, 15) is 4.79 Å². The van der Waals surface area contributed by atoms with Crippen LogP contribution >= 0.6 is 0 Å². The highest BCUT2D eigenvalue weighted by Gasteiger charge is 2.28. The summed E-state index contributed by atoms with van der Waals surface area (Å²) in [7, 11) is 0. The molecule has 1 saturated heterocycles. The van der Waals surface area contributed by atoms with Gasteiger partial charge < -0.3 is 19.9 Å². The van der Waals surface area contributed by atoms with E-state index in [1.807, 2.05) is 20.8 Å². The van der Waals surface area contributed by atoms with Gasteiger partial charge in [-0.25, -0.2) is 19.7 Å². The van der Waals surface area contributed by atoms with E-state index in [1.165, 1.54) is 6.33 Å². The fourth-order valence-electron chi connectivity index (χ4n) is 2.54. The fraction of sp³-hybridized carbons (Fsp3) is 0.571. The number of H-pyrrole nitrogens is 1. The molecule has 0 spiro atoms. The average Bonchev–Trinajstić information content (AvgIpc) is 3.04. The van der Waals surface area contributed by atoms with E-state index < -0.39 is 5.60 Å². The third-order valence-electron chi connectivity index (χ3n) is 3.41. The summed E-state index contributed by atoms with van der Waals surface area (Å²) < 4.78 is 5.29. The molecule has 0 bridgehead atoms. The molecule has 1 aliphatic rings. The number of nitrogens with one attached hydrogen (secondary N) is 2. The number of ether oxygens (including phenoxy) is 1. The number of fused-ring (bicyclic) bond motifs is 1. The largest absolute Gasteiger partial charge is 0.444 e. The fourth-order valence-corrected chi connectivity index (χ4v) is 2.54. The van der Waals surface area contributed by atoms with Gasteiger partial charge in [-0.2, -0.15) is 0 Å². The van der Waals surface area contributed by atoms with Crippen molar-refractivity contribution < 1.29 is 9.53 Å². The summed E-state index contributed by atoms with van der Waals surface area (Å²) in [4.78, 5) is 29.6. The summed E-state index contributed by atoms with van der Waals surface area (Å²) in [5.74, 6) is 0.816. The normalized spacial score (nSPS) is 18.7. The molecule has 1 fully saturated rings. The Morgan fingerprint density at radius 1 is 1.41 bits per heavy atom. The zero-order chi connectivity index (χ0) is 15.7. The smallest absolute Gasteiger partial charge is 0.407 e. The van der Waals surface area contributed by atoms with E-state index in [2.05, 4.69) is 30.2 Å². The number of aromatic amines is 1. The van der Waals surface area contributed by atoms with Crippen LogP contribution in [0.5, 0.6) is 0 Å². The molecule has 0 saturated carbocycles. The summed E-state index contributed by atoms with van der Waals surface area (Å²) in [5.41, 5.74) is 0.978. The molecule has 118 valence electrons. The maximum absolute atomic E-state index is 11.8. The summed E-state index contributed by atoms with van der Waals surface area (Å²) in [5, 5.41) is 2.90. The first-order valence-corrected chi connectivity index (χ1v) is 7.31.